The van der Waals surface area contributed by atoms with Gasteiger partial charge in [-0.25, -0.2) is 8.42 Å². The molecule has 1 aliphatic heterocycles. The van der Waals surface area contributed by atoms with Crippen LogP contribution in [0.4, 0.5) is 11.4 Å². The molecule has 5 rings (SSSR count). The lowest BCUT2D eigenvalue weighted by Crippen LogP contribution is -2.56. The van der Waals surface area contributed by atoms with Gasteiger partial charge >= 0.3 is 0 Å². The first kappa shape index (κ1) is 31.3. The minimum Gasteiger partial charge on any atom is -0.506 e. The minimum atomic E-state index is -3.98. The molecule has 1 atom stereocenters. The number of nitrogens with one attached hydrogen (secondary N) is 3. The van der Waals surface area contributed by atoms with Crippen LogP contribution in [0.25, 0.3) is 5.76 Å². The summed E-state index contributed by atoms with van der Waals surface area (Å²) in [4.78, 5) is 28.3. The minimum absolute atomic E-state index is 0.0845. The number of nitrogens with zero attached hydrogens (tertiary/aromatic N) is 1. The lowest BCUT2D eigenvalue weighted by atomic mass is 9.69. The first-order chi connectivity index (χ1) is 20.5. The summed E-state index contributed by atoms with van der Waals surface area (Å²) in [5, 5.41) is 17.4. The van der Waals surface area contributed by atoms with E-state index in [1.54, 1.807) is 54.6 Å². The van der Waals surface area contributed by atoms with Crippen LogP contribution in [0.1, 0.15) is 55.1 Å². The van der Waals surface area contributed by atoms with Gasteiger partial charge in [0.1, 0.15) is 21.8 Å². The number of fused-ring (bicyclic) bond motifs is 2. The smallest absolute Gasteiger partial charge is 0.252 e. The van der Waals surface area contributed by atoms with Gasteiger partial charge in [0, 0.05) is 11.1 Å². The Morgan fingerprint density at radius 1 is 1.02 bits per heavy atom. The molecule has 0 radical (unpaired) electrons. The molecule has 2 aliphatic rings. The van der Waals surface area contributed by atoms with Crippen molar-refractivity contribution in [2.75, 3.05) is 16.3 Å². The van der Waals surface area contributed by atoms with E-state index in [0.717, 1.165) is 6.26 Å². The number of hydrogen-bond acceptors (Lipinski definition) is 9. The zero-order valence-electron chi connectivity index (χ0n) is 24.6. The summed E-state index contributed by atoms with van der Waals surface area (Å²) in [6.45, 7) is 6.04. The molecule has 1 amide bonds. The second-order valence-corrected chi connectivity index (χ2v) is 15.5. The highest BCUT2D eigenvalue weighted by atomic mass is 32.3. The molecule has 0 bridgehead atoms. The van der Waals surface area contributed by atoms with Crippen LogP contribution in [0.3, 0.4) is 0 Å². The van der Waals surface area contributed by atoms with E-state index in [4.69, 9.17) is 0 Å². The predicted octanol–water partition coefficient (Wildman–Crippen LogP) is 5.91. The third kappa shape index (κ3) is 6.09. The summed E-state index contributed by atoms with van der Waals surface area (Å²) in [5.41, 5.74) is -0.956. The number of amidine groups is 1. The van der Waals surface area contributed by atoms with Gasteiger partial charge in [0.15, 0.2) is 11.6 Å². The molecule has 6 N–H and O–H groups in total. The van der Waals surface area contributed by atoms with Crippen LogP contribution in [0, 0.1) is 5.41 Å². The van der Waals surface area contributed by atoms with Crippen LogP contribution < -0.4 is 15.4 Å². The lowest BCUT2D eigenvalue weighted by Gasteiger charge is -2.42. The van der Waals surface area contributed by atoms with E-state index in [9.17, 15) is 32.2 Å². The summed E-state index contributed by atoms with van der Waals surface area (Å²) < 4.78 is 52.0. The van der Waals surface area contributed by atoms with E-state index in [1.165, 1.54) is 18.2 Å². The highest BCUT2D eigenvalue weighted by Crippen LogP contribution is 2.57. The van der Waals surface area contributed by atoms with Crippen molar-refractivity contribution in [1.82, 2.24) is 5.32 Å². The van der Waals surface area contributed by atoms with Gasteiger partial charge in [-0.3, -0.25) is 23.4 Å². The maximum atomic E-state index is 14.8. The zero-order valence-corrected chi connectivity index (χ0v) is 26.2. The van der Waals surface area contributed by atoms with Crippen molar-refractivity contribution in [1.29, 1.82) is 0 Å². The summed E-state index contributed by atoms with van der Waals surface area (Å²) >= 11 is 0. The lowest BCUT2D eigenvalue weighted by molar-refractivity contribution is -0.122. The van der Waals surface area contributed by atoms with Crippen LogP contribution in [0.2, 0.25) is 0 Å². The molecular weight excluding hydrogens is 604 g/mol. The first-order valence-electron chi connectivity index (χ1n) is 13.7. The summed E-state index contributed by atoms with van der Waals surface area (Å²) in [7, 11) is -7.63. The van der Waals surface area contributed by atoms with Crippen molar-refractivity contribution in [2.45, 2.75) is 44.0 Å². The Bertz CT molecular complexity index is 1830. The number of hydrogen-bond donors (Lipinski definition) is 6. The largest absolute Gasteiger partial charge is 0.506 e. The van der Waals surface area contributed by atoms with Gasteiger partial charge in [-0.15, -0.1) is 4.40 Å². The Balaban J connectivity index is 1.66. The molecule has 1 aliphatic carbocycles. The average Bonchev–Trinajstić information content (AvgIpc) is 2.94. The number of amides is 1. The molecular formula is C31H34N4O7S2. The van der Waals surface area contributed by atoms with Crippen LogP contribution >= 0.6 is 10.8 Å². The molecule has 44 heavy (non-hydrogen) atoms. The second-order valence-electron chi connectivity index (χ2n) is 12.1. The SMILES string of the molecule is CC(C)(C)CCC1(NC(=O)c2ccccc2)C(=O)C(C2=NS(O)(O)c3cc(NS(C)(=O)=O)ccc3N2)=C(O)c2ccccc21. The Labute approximate surface area is 257 Å². The summed E-state index contributed by atoms with van der Waals surface area (Å²) in [5.74, 6) is -1.91. The molecule has 3 aromatic carbocycles. The standard InChI is InChI=1S/C31H34N4O7S2/c1-30(2,3)16-17-31(33-29(38)19-10-6-5-7-11-19)22-13-9-8-12-21(22)26(36)25(27(31)37)28-32-23-15-14-20(34-43(4,39)40)18-24(23)44(41,42)35-28/h5-15,18,34,36,41-42H,16-17H2,1-4H3,(H,32,35)(H,33,38). The van der Waals surface area contributed by atoms with Crippen molar-refractivity contribution in [3.8, 4) is 0 Å². The van der Waals surface area contributed by atoms with Crippen LogP contribution in [-0.4, -0.2) is 46.4 Å². The topological polar surface area (TPSA) is 177 Å². The highest BCUT2D eigenvalue weighted by Gasteiger charge is 2.51. The number of Topliss-reactive ketones (excluding diaryl/α,β-unsaturated/α-hetero) is 1. The fourth-order valence-corrected chi connectivity index (χ4v) is 7.02. The van der Waals surface area contributed by atoms with Crippen molar-refractivity contribution in [3.63, 3.8) is 0 Å². The molecule has 1 heterocycles. The number of benzene rings is 3. The maximum Gasteiger partial charge on any atom is 0.252 e. The summed E-state index contributed by atoms with van der Waals surface area (Å²) in [6.07, 6.45) is 1.63. The number of carbonyl (C=O) groups excluding carboxylic acids is 2. The number of carbonyl (C=O) groups is 2. The molecule has 0 fully saturated rings. The number of anilines is 2. The second kappa shape index (κ2) is 11.1. The number of ketones is 1. The third-order valence-corrected chi connectivity index (χ3v) is 9.37. The van der Waals surface area contributed by atoms with Crippen molar-refractivity contribution in [3.05, 3.63) is 95.1 Å². The molecule has 0 aromatic heterocycles. The van der Waals surface area contributed by atoms with Crippen molar-refractivity contribution >= 4 is 55.5 Å². The van der Waals surface area contributed by atoms with Gasteiger partial charge in [0.25, 0.3) is 5.91 Å². The van der Waals surface area contributed by atoms with Crippen LogP contribution in [0.15, 0.2) is 87.7 Å². The molecule has 232 valence electrons. The predicted molar refractivity (Wildman–Crippen MR) is 172 cm³/mol. The first-order valence-corrected chi connectivity index (χ1v) is 17.1. The van der Waals surface area contributed by atoms with E-state index >= 15 is 0 Å². The number of aliphatic hydroxyl groups excluding tert-OH is 1. The molecule has 0 spiro atoms. The van der Waals surface area contributed by atoms with Crippen LogP contribution in [0.5, 0.6) is 0 Å². The number of rotatable bonds is 7. The average molecular weight is 639 g/mol. The molecule has 0 saturated heterocycles. The van der Waals surface area contributed by atoms with E-state index in [0.29, 0.717) is 17.5 Å². The Morgan fingerprint density at radius 3 is 2.34 bits per heavy atom. The van der Waals surface area contributed by atoms with Gasteiger partial charge in [0.05, 0.1) is 17.6 Å². The van der Waals surface area contributed by atoms with Crippen LogP contribution in [-0.2, 0) is 20.4 Å². The van der Waals surface area contributed by atoms with Gasteiger partial charge < -0.3 is 15.7 Å². The monoisotopic (exact) mass is 638 g/mol. The van der Waals surface area contributed by atoms with E-state index in [2.05, 4.69) is 19.8 Å². The van der Waals surface area contributed by atoms with Crippen molar-refractivity contribution < 1.29 is 32.2 Å². The summed E-state index contributed by atoms with van der Waals surface area (Å²) in [6, 6.07) is 19.2. The number of sulfonamides is 1. The fourth-order valence-electron chi connectivity index (χ4n) is 5.28. The van der Waals surface area contributed by atoms with E-state index < -0.39 is 43.8 Å². The van der Waals surface area contributed by atoms with E-state index in [-0.39, 0.29) is 45.1 Å². The Hall–Kier alpha value is -4.17. The molecule has 1 unspecified atom stereocenters. The molecule has 0 saturated carbocycles. The third-order valence-electron chi connectivity index (χ3n) is 7.39. The quantitative estimate of drug-likeness (QED) is 0.185. The van der Waals surface area contributed by atoms with E-state index in [1.807, 2.05) is 20.8 Å². The van der Waals surface area contributed by atoms with Gasteiger partial charge in [-0.1, -0.05) is 74.0 Å². The molecule has 11 nitrogen and oxygen atoms in total. The maximum absolute atomic E-state index is 14.8. The Kier molecular flexibility index (Phi) is 7.87. The molecule has 3 aromatic rings. The normalized spacial score (nSPS) is 20.0. The zero-order chi connectivity index (χ0) is 32.1. The molecule has 13 heteroatoms. The van der Waals surface area contributed by atoms with Crippen molar-refractivity contribution in [2.24, 2.45) is 9.81 Å². The van der Waals surface area contributed by atoms with Gasteiger partial charge in [-0.2, -0.15) is 0 Å². The van der Waals surface area contributed by atoms with Gasteiger partial charge in [0.2, 0.25) is 10.0 Å². The number of aliphatic hydroxyl groups is 1. The fraction of sp³-hybridized carbons (Fsp3) is 0.258. The Morgan fingerprint density at radius 2 is 1.68 bits per heavy atom. The highest BCUT2D eigenvalue weighted by molar-refractivity contribution is 8.23. The van der Waals surface area contributed by atoms with Gasteiger partial charge in [-0.05, 0) is 54.2 Å².